The van der Waals surface area contributed by atoms with Gasteiger partial charge in [-0.1, -0.05) is 45.9 Å². The first-order chi connectivity index (χ1) is 10.2. The number of hydrogen-bond donors (Lipinski definition) is 1. The van der Waals surface area contributed by atoms with Gasteiger partial charge < -0.3 is 10.0 Å². The van der Waals surface area contributed by atoms with E-state index in [9.17, 15) is 9.90 Å². The zero-order valence-corrected chi connectivity index (χ0v) is 14.9. The van der Waals surface area contributed by atoms with E-state index in [1.165, 1.54) is 0 Å². The molecule has 1 aromatic rings. The zero-order valence-electron chi connectivity index (χ0n) is 14.1. The molecule has 1 saturated heterocycles. The maximum atomic E-state index is 11.6. The highest BCUT2D eigenvalue weighted by Crippen LogP contribution is 2.37. The largest absolute Gasteiger partial charge is 0.507 e. The molecule has 0 aromatic heterocycles. The summed E-state index contributed by atoms with van der Waals surface area (Å²) in [5, 5.41) is 11.5. The van der Waals surface area contributed by atoms with Crippen molar-refractivity contribution in [3.63, 3.8) is 0 Å². The number of thioether (sulfide) groups is 1. The number of aryl methyl sites for hydroxylation is 1. The number of hydrogen-bond acceptors (Lipinski definition) is 3. The second kappa shape index (κ2) is 6.37. The fraction of sp³-hybridized carbons (Fsp3) is 0.500. The molecule has 0 unspecified atom stereocenters. The smallest absolute Gasteiger partial charge is 0.237 e. The highest BCUT2D eigenvalue weighted by Gasteiger charge is 2.24. The second-order valence-electron chi connectivity index (χ2n) is 6.80. The van der Waals surface area contributed by atoms with Crippen molar-refractivity contribution in [2.75, 3.05) is 12.8 Å². The number of benzene rings is 1. The number of aromatic hydroxyl groups is 1. The molecule has 1 aliphatic rings. The molecular formula is C18H25NO2S. The number of rotatable bonds is 3. The van der Waals surface area contributed by atoms with Gasteiger partial charge in [0.2, 0.25) is 5.91 Å². The molecule has 0 radical (unpaired) electrons. The van der Waals surface area contributed by atoms with Crippen molar-refractivity contribution in [2.24, 2.45) is 0 Å². The molecule has 120 valence electrons. The SMILES string of the molecule is CCCc1cc(C=C2SCC(=O)N2C)cc(C(C)(C)C)c1O. The number of carbonyl (C=O) groups excluding carboxylic acids is 1. The van der Waals surface area contributed by atoms with Crippen molar-refractivity contribution in [1.29, 1.82) is 0 Å². The standard InChI is InChI=1S/C18H25NO2S/c1-6-7-13-8-12(9-14(17(13)21)18(2,3)4)10-16-19(5)15(20)11-22-16/h8-10,21H,6-7,11H2,1-5H3. The van der Waals surface area contributed by atoms with Crippen LogP contribution in [-0.2, 0) is 16.6 Å². The van der Waals surface area contributed by atoms with Crippen molar-refractivity contribution in [1.82, 2.24) is 4.90 Å². The molecular weight excluding hydrogens is 294 g/mol. The maximum absolute atomic E-state index is 11.6. The van der Waals surface area contributed by atoms with Crippen molar-refractivity contribution >= 4 is 23.7 Å². The second-order valence-corrected chi connectivity index (χ2v) is 7.80. The molecule has 1 aliphatic heterocycles. The Labute approximate surface area is 137 Å². The predicted molar refractivity (Wildman–Crippen MR) is 94.0 cm³/mol. The van der Waals surface area contributed by atoms with Crippen molar-refractivity contribution in [3.8, 4) is 5.75 Å². The van der Waals surface area contributed by atoms with Gasteiger partial charge in [-0.15, -0.1) is 0 Å². The summed E-state index contributed by atoms with van der Waals surface area (Å²) in [4.78, 5) is 13.4. The van der Waals surface area contributed by atoms with Gasteiger partial charge in [0.15, 0.2) is 0 Å². The van der Waals surface area contributed by atoms with Gasteiger partial charge in [0, 0.05) is 12.6 Å². The first-order valence-corrected chi connectivity index (χ1v) is 8.70. The Kier molecular flexibility index (Phi) is 4.90. The Balaban J connectivity index is 2.50. The molecule has 0 saturated carbocycles. The van der Waals surface area contributed by atoms with E-state index in [1.807, 2.05) is 25.3 Å². The molecule has 3 nitrogen and oxygen atoms in total. The molecule has 0 atom stereocenters. The summed E-state index contributed by atoms with van der Waals surface area (Å²) in [5.74, 6) is 1.06. The van der Waals surface area contributed by atoms with E-state index in [1.54, 1.807) is 16.7 Å². The minimum Gasteiger partial charge on any atom is -0.507 e. The summed E-state index contributed by atoms with van der Waals surface area (Å²) < 4.78 is 0. The first-order valence-electron chi connectivity index (χ1n) is 7.71. The lowest BCUT2D eigenvalue weighted by atomic mass is 9.83. The number of carbonyl (C=O) groups is 1. The van der Waals surface area contributed by atoms with Crippen LogP contribution in [0.2, 0.25) is 0 Å². The minimum absolute atomic E-state index is 0.119. The number of phenolic OH excluding ortho intramolecular Hbond substituents is 1. The lowest BCUT2D eigenvalue weighted by Gasteiger charge is -2.23. The van der Waals surface area contributed by atoms with Crippen molar-refractivity contribution in [3.05, 3.63) is 33.9 Å². The van der Waals surface area contributed by atoms with Crippen LogP contribution in [-0.4, -0.2) is 28.7 Å². The normalized spacial score (nSPS) is 17.6. The highest BCUT2D eigenvalue weighted by atomic mass is 32.2. The van der Waals surface area contributed by atoms with Crippen LogP contribution >= 0.6 is 11.8 Å². The topological polar surface area (TPSA) is 40.5 Å². The molecule has 1 aromatic carbocycles. The number of phenols is 1. The van der Waals surface area contributed by atoms with E-state index in [0.717, 1.165) is 34.6 Å². The molecule has 4 heteroatoms. The lowest BCUT2D eigenvalue weighted by Crippen LogP contribution is -2.18. The molecule has 1 amide bonds. The van der Waals surface area contributed by atoms with Gasteiger partial charge in [-0.2, -0.15) is 0 Å². The predicted octanol–water partition coefficient (Wildman–Crippen LogP) is 4.15. The van der Waals surface area contributed by atoms with Crippen LogP contribution < -0.4 is 0 Å². The number of nitrogens with zero attached hydrogens (tertiary/aromatic N) is 1. The van der Waals surface area contributed by atoms with Gasteiger partial charge in [0.1, 0.15) is 5.75 Å². The third-order valence-electron chi connectivity index (χ3n) is 3.88. The summed E-state index contributed by atoms with van der Waals surface area (Å²) in [6, 6.07) is 4.08. The quantitative estimate of drug-likeness (QED) is 0.910. The van der Waals surface area contributed by atoms with E-state index in [0.29, 0.717) is 11.5 Å². The van der Waals surface area contributed by atoms with Crippen molar-refractivity contribution < 1.29 is 9.90 Å². The van der Waals surface area contributed by atoms with Crippen LogP contribution in [0.5, 0.6) is 5.75 Å². The van der Waals surface area contributed by atoms with Gasteiger partial charge in [-0.05, 0) is 41.2 Å². The first kappa shape index (κ1) is 16.9. The van der Waals surface area contributed by atoms with E-state index >= 15 is 0 Å². The van der Waals surface area contributed by atoms with Gasteiger partial charge in [-0.3, -0.25) is 4.79 Å². The zero-order chi connectivity index (χ0) is 16.5. The van der Waals surface area contributed by atoms with Crippen LogP contribution in [0.4, 0.5) is 0 Å². The molecule has 22 heavy (non-hydrogen) atoms. The van der Waals surface area contributed by atoms with E-state index in [2.05, 4.69) is 27.7 Å². The van der Waals surface area contributed by atoms with Gasteiger partial charge in [-0.25, -0.2) is 0 Å². The Hall–Kier alpha value is -1.42. The molecule has 1 N–H and O–H groups in total. The molecule has 1 fully saturated rings. The molecule has 0 bridgehead atoms. The lowest BCUT2D eigenvalue weighted by molar-refractivity contribution is -0.124. The molecule has 2 rings (SSSR count). The Bertz CT molecular complexity index is 614. The van der Waals surface area contributed by atoms with Crippen LogP contribution in [0.25, 0.3) is 6.08 Å². The van der Waals surface area contributed by atoms with Crippen LogP contribution in [0.15, 0.2) is 17.2 Å². The fourth-order valence-electron chi connectivity index (χ4n) is 2.57. The highest BCUT2D eigenvalue weighted by molar-refractivity contribution is 8.04. The monoisotopic (exact) mass is 319 g/mol. The minimum atomic E-state index is -0.119. The Morgan fingerprint density at radius 2 is 2.05 bits per heavy atom. The third kappa shape index (κ3) is 3.49. The van der Waals surface area contributed by atoms with E-state index < -0.39 is 0 Å². The average Bonchev–Trinajstić information content (AvgIpc) is 2.73. The fourth-order valence-corrected chi connectivity index (χ4v) is 3.55. The average molecular weight is 319 g/mol. The molecule has 0 spiro atoms. The summed E-state index contributed by atoms with van der Waals surface area (Å²) in [6.07, 6.45) is 3.89. The van der Waals surface area contributed by atoms with E-state index in [4.69, 9.17) is 0 Å². The molecule has 1 heterocycles. The van der Waals surface area contributed by atoms with Gasteiger partial charge in [0.25, 0.3) is 0 Å². The molecule has 0 aliphatic carbocycles. The Morgan fingerprint density at radius 3 is 2.55 bits per heavy atom. The summed E-state index contributed by atoms with van der Waals surface area (Å²) in [5.41, 5.74) is 2.88. The third-order valence-corrected chi connectivity index (χ3v) is 4.96. The van der Waals surface area contributed by atoms with Gasteiger partial charge in [0.05, 0.1) is 10.8 Å². The van der Waals surface area contributed by atoms with Crippen LogP contribution in [0, 0.1) is 0 Å². The summed E-state index contributed by atoms with van der Waals surface area (Å²) in [6.45, 7) is 8.43. The van der Waals surface area contributed by atoms with Crippen LogP contribution in [0.1, 0.15) is 50.8 Å². The van der Waals surface area contributed by atoms with Gasteiger partial charge >= 0.3 is 0 Å². The summed E-state index contributed by atoms with van der Waals surface area (Å²) >= 11 is 1.57. The summed E-state index contributed by atoms with van der Waals surface area (Å²) in [7, 11) is 1.81. The number of amides is 1. The maximum Gasteiger partial charge on any atom is 0.237 e. The van der Waals surface area contributed by atoms with E-state index in [-0.39, 0.29) is 11.3 Å². The van der Waals surface area contributed by atoms with Crippen LogP contribution in [0.3, 0.4) is 0 Å². The Morgan fingerprint density at radius 1 is 1.36 bits per heavy atom. The van der Waals surface area contributed by atoms with Crippen molar-refractivity contribution in [2.45, 2.75) is 46.0 Å².